The maximum Gasteiger partial charge on any atom is 0.306 e. The van der Waals surface area contributed by atoms with Crippen molar-refractivity contribution in [1.29, 1.82) is 0 Å². The summed E-state index contributed by atoms with van der Waals surface area (Å²) in [6.07, 6.45) is -0.112. The highest BCUT2D eigenvalue weighted by Crippen LogP contribution is 2.23. The van der Waals surface area contributed by atoms with Gasteiger partial charge in [-0.25, -0.2) is 0 Å². The van der Waals surface area contributed by atoms with Crippen LogP contribution in [0.25, 0.3) is 0 Å². The lowest BCUT2D eigenvalue weighted by molar-refractivity contribution is -0.562. The Balaban J connectivity index is 4.46. The number of ether oxygens (including phenoxy) is 1. The normalized spacial score (nSPS) is 12.8. The van der Waals surface area contributed by atoms with Crippen LogP contribution in [0.3, 0.4) is 0 Å². The molecule has 0 saturated carbocycles. The number of esters is 1. The molecule has 0 aliphatic rings. The number of carboxylic acid groups (broad SMARTS) is 1. The van der Waals surface area contributed by atoms with Gasteiger partial charge in [-0.15, -0.1) is 0 Å². The van der Waals surface area contributed by atoms with Crippen LogP contribution in [-0.2, 0) is 14.3 Å². The summed E-state index contributed by atoms with van der Waals surface area (Å²) in [5.41, 5.74) is -1.32. The van der Waals surface area contributed by atoms with Gasteiger partial charge in [0.2, 0.25) is 5.54 Å². The lowest BCUT2D eigenvalue weighted by Gasteiger charge is -2.20. The van der Waals surface area contributed by atoms with Gasteiger partial charge in [-0.05, 0) is 13.3 Å². The third-order valence-electron chi connectivity index (χ3n) is 2.59. The van der Waals surface area contributed by atoms with Gasteiger partial charge in [0.15, 0.2) is 0 Å². The molecule has 18 heavy (non-hydrogen) atoms. The summed E-state index contributed by atoms with van der Waals surface area (Å²) in [7, 11) is 0. The number of aliphatic carboxylic acids is 1. The average Bonchev–Trinajstić information content (AvgIpc) is 2.23. The van der Waals surface area contributed by atoms with E-state index < -0.39 is 28.3 Å². The van der Waals surface area contributed by atoms with Gasteiger partial charge in [0.05, 0.1) is 12.5 Å². The van der Waals surface area contributed by atoms with Crippen molar-refractivity contribution in [2.24, 2.45) is 5.92 Å². The van der Waals surface area contributed by atoms with E-state index in [0.717, 1.165) is 0 Å². The molecule has 0 saturated heterocycles. The van der Waals surface area contributed by atoms with Crippen molar-refractivity contribution >= 4 is 11.9 Å². The van der Waals surface area contributed by atoms with Crippen molar-refractivity contribution in [1.82, 2.24) is 0 Å². The molecule has 0 aromatic heterocycles. The second kappa shape index (κ2) is 6.93. The van der Waals surface area contributed by atoms with Crippen molar-refractivity contribution in [3.63, 3.8) is 0 Å². The summed E-state index contributed by atoms with van der Waals surface area (Å²) in [4.78, 5) is 32.4. The van der Waals surface area contributed by atoms with Gasteiger partial charge in [-0.1, -0.05) is 0 Å². The Labute approximate surface area is 105 Å². The Kier molecular flexibility index (Phi) is 6.29. The van der Waals surface area contributed by atoms with E-state index in [9.17, 15) is 19.7 Å². The van der Waals surface area contributed by atoms with Gasteiger partial charge in [0.1, 0.15) is 0 Å². The second-order valence-corrected chi connectivity index (χ2v) is 4.65. The van der Waals surface area contributed by atoms with Crippen LogP contribution in [0, 0.1) is 16.0 Å². The summed E-state index contributed by atoms with van der Waals surface area (Å²) >= 11 is 0. The van der Waals surface area contributed by atoms with E-state index in [-0.39, 0.29) is 25.9 Å². The Hall–Kier alpha value is -1.66. The molecule has 0 aliphatic carbocycles. The minimum absolute atomic E-state index is 0.0431. The Bertz CT molecular complexity index is 325. The molecule has 0 fully saturated rings. The molecule has 7 heteroatoms. The maximum atomic E-state index is 11.1. The molecule has 0 spiro atoms. The van der Waals surface area contributed by atoms with Crippen molar-refractivity contribution in [3.8, 4) is 0 Å². The first kappa shape index (κ1) is 16.3. The van der Waals surface area contributed by atoms with Crippen LogP contribution in [0.1, 0.15) is 40.0 Å². The molecule has 0 aliphatic heterocycles. The van der Waals surface area contributed by atoms with Gasteiger partial charge < -0.3 is 9.84 Å². The third-order valence-corrected chi connectivity index (χ3v) is 2.59. The fraction of sp³-hybridized carbons (Fsp3) is 0.818. The van der Waals surface area contributed by atoms with Crippen LogP contribution < -0.4 is 0 Å². The summed E-state index contributed by atoms with van der Waals surface area (Å²) < 4.78 is 4.68. The van der Waals surface area contributed by atoms with Gasteiger partial charge in [-0.3, -0.25) is 19.7 Å². The zero-order chi connectivity index (χ0) is 14.3. The van der Waals surface area contributed by atoms with Crippen LogP contribution in [0.4, 0.5) is 0 Å². The van der Waals surface area contributed by atoms with Crippen molar-refractivity contribution < 1.29 is 24.4 Å². The fourth-order valence-corrected chi connectivity index (χ4v) is 1.52. The zero-order valence-corrected chi connectivity index (χ0v) is 10.8. The first-order chi connectivity index (χ1) is 8.20. The van der Waals surface area contributed by atoms with Gasteiger partial charge in [0, 0.05) is 31.6 Å². The number of nitro groups is 1. The summed E-state index contributed by atoms with van der Waals surface area (Å²) in [6.45, 7) is 4.62. The number of carbonyl (C=O) groups excluding carboxylic acids is 1. The van der Waals surface area contributed by atoms with E-state index >= 15 is 0 Å². The lowest BCUT2D eigenvalue weighted by atomic mass is 9.88. The SMILES string of the molecule is CCOC(=O)CC[C@H](CC(C)(C)[N+](=O)[O-])C(=O)O. The number of carbonyl (C=O) groups is 2. The predicted molar refractivity (Wildman–Crippen MR) is 62.7 cm³/mol. The standard InChI is InChI=1S/C11H19NO6/c1-4-18-9(13)6-5-8(10(14)15)7-11(2,3)12(16)17/h8H,4-7H2,1-3H3,(H,14,15)/t8-/m1/s1. The smallest absolute Gasteiger partial charge is 0.306 e. The van der Waals surface area contributed by atoms with Crippen molar-refractivity contribution in [3.05, 3.63) is 10.1 Å². The van der Waals surface area contributed by atoms with E-state index in [4.69, 9.17) is 5.11 Å². The Morgan fingerprint density at radius 1 is 1.44 bits per heavy atom. The number of carboxylic acids is 1. The molecule has 1 N–H and O–H groups in total. The molecule has 0 aromatic rings. The molecule has 0 rings (SSSR count). The highest BCUT2D eigenvalue weighted by atomic mass is 16.6. The quantitative estimate of drug-likeness (QED) is 0.403. The predicted octanol–water partition coefficient (Wildman–Crippen LogP) is 1.48. The highest BCUT2D eigenvalue weighted by molar-refractivity contribution is 5.73. The molecule has 1 atom stereocenters. The molecule has 7 nitrogen and oxygen atoms in total. The number of nitrogens with zero attached hydrogens (tertiary/aromatic N) is 1. The van der Waals surface area contributed by atoms with Crippen LogP contribution >= 0.6 is 0 Å². The lowest BCUT2D eigenvalue weighted by Crippen LogP contribution is -2.35. The van der Waals surface area contributed by atoms with Crippen LogP contribution in [0.2, 0.25) is 0 Å². The average molecular weight is 261 g/mol. The Morgan fingerprint density at radius 2 is 2.00 bits per heavy atom. The van der Waals surface area contributed by atoms with Crippen molar-refractivity contribution in [2.75, 3.05) is 6.61 Å². The van der Waals surface area contributed by atoms with E-state index in [0.29, 0.717) is 0 Å². The Morgan fingerprint density at radius 3 is 2.39 bits per heavy atom. The zero-order valence-electron chi connectivity index (χ0n) is 10.8. The van der Waals surface area contributed by atoms with Crippen LogP contribution in [0.5, 0.6) is 0 Å². The third kappa shape index (κ3) is 5.60. The van der Waals surface area contributed by atoms with E-state index in [1.165, 1.54) is 13.8 Å². The topological polar surface area (TPSA) is 107 Å². The molecule has 0 bridgehead atoms. The van der Waals surface area contributed by atoms with Crippen LogP contribution in [0.15, 0.2) is 0 Å². The molecule has 0 aromatic carbocycles. The molecular weight excluding hydrogens is 242 g/mol. The highest BCUT2D eigenvalue weighted by Gasteiger charge is 2.36. The van der Waals surface area contributed by atoms with Gasteiger partial charge in [-0.2, -0.15) is 0 Å². The monoisotopic (exact) mass is 261 g/mol. The first-order valence-corrected chi connectivity index (χ1v) is 5.73. The molecule has 0 radical (unpaired) electrons. The van der Waals surface area contributed by atoms with E-state index in [1.807, 2.05) is 0 Å². The minimum Gasteiger partial charge on any atom is -0.481 e. The number of hydrogen-bond donors (Lipinski definition) is 1. The summed E-state index contributed by atoms with van der Waals surface area (Å²) in [5, 5.41) is 19.7. The number of hydrogen-bond acceptors (Lipinski definition) is 5. The molecule has 0 unspecified atom stereocenters. The first-order valence-electron chi connectivity index (χ1n) is 5.73. The second-order valence-electron chi connectivity index (χ2n) is 4.65. The van der Waals surface area contributed by atoms with Crippen LogP contribution in [-0.4, -0.2) is 34.1 Å². The molecule has 104 valence electrons. The van der Waals surface area contributed by atoms with E-state index in [2.05, 4.69) is 4.74 Å². The largest absolute Gasteiger partial charge is 0.481 e. The molecular formula is C11H19NO6. The summed E-state index contributed by atoms with van der Waals surface area (Å²) in [6, 6.07) is 0. The molecule has 0 amide bonds. The summed E-state index contributed by atoms with van der Waals surface area (Å²) in [5.74, 6) is -2.54. The molecule has 0 heterocycles. The van der Waals surface area contributed by atoms with Gasteiger partial charge in [0.25, 0.3) is 0 Å². The maximum absolute atomic E-state index is 11.1. The van der Waals surface area contributed by atoms with Crippen molar-refractivity contribution in [2.45, 2.75) is 45.6 Å². The number of rotatable bonds is 8. The minimum atomic E-state index is -1.32. The van der Waals surface area contributed by atoms with E-state index in [1.54, 1.807) is 6.92 Å². The van der Waals surface area contributed by atoms with Gasteiger partial charge >= 0.3 is 11.9 Å². The fourth-order valence-electron chi connectivity index (χ4n) is 1.52.